The number of aromatic amines is 1. The highest BCUT2D eigenvalue weighted by molar-refractivity contribution is 6.30. The van der Waals surface area contributed by atoms with E-state index in [9.17, 15) is 4.79 Å². The van der Waals surface area contributed by atoms with Gasteiger partial charge in [0.2, 0.25) is 5.91 Å². The molecule has 3 heterocycles. The Morgan fingerprint density at radius 2 is 2.29 bits per heavy atom. The summed E-state index contributed by atoms with van der Waals surface area (Å²) in [5, 5.41) is 10.6. The lowest BCUT2D eigenvalue weighted by atomic mass is 9.92. The van der Waals surface area contributed by atoms with Gasteiger partial charge in [0.05, 0.1) is 17.3 Å². The van der Waals surface area contributed by atoms with E-state index in [-0.39, 0.29) is 11.9 Å². The Labute approximate surface area is 146 Å². The minimum absolute atomic E-state index is 0.0493. The predicted molar refractivity (Wildman–Crippen MR) is 94.2 cm³/mol. The fraction of sp³-hybridized carbons (Fsp3) is 0.471. The van der Waals surface area contributed by atoms with Crippen LogP contribution >= 0.6 is 11.6 Å². The van der Waals surface area contributed by atoms with Crippen molar-refractivity contribution in [3.05, 3.63) is 40.8 Å². The van der Waals surface area contributed by atoms with Gasteiger partial charge in [-0.2, -0.15) is 5.10 Å². The molecule has 7 heteroatoms. The molecule has 0 saturated carbocycles. The first-order valence-corrected chi connectivity index (χ1v) is 8.58. The molecule has 1 saturated heterocycles. The molecule has 0 spiro atoms. The molecule has 3 rings (SSSR count). The zero-order chi connectivity index (χ0) is 17.1. The predicted octanol–water partition coefficient (Wildman–Crippen LogP) is 2.97. The fourth-order valence-corrected chi connectivity index (χ4v) is 3.32. The van der Waals surface area contributed by atoms with Crippen LogP contribution in [0.4, 0.5) is 5.82 Å². The van der Waals surface area contributed by atoms with Crippen molar-refractivity contribution in [1.29, 1.82) is 0 Å². The summed E-state index contributed by atoms with van der Waals surface area (Å²) in [6.45, 7) is 5.78. The van der Waals surface area contributed by atoms with Gasteiger partial charge in [-0.1, -0.05) is 11.6 Å². The third kappa shape index (κ3) is 3.76. The molecule has 0 aromatic carbocycles. The summed E-state index contributed by atoms with van der Waals surface area (Å²) < 4.78 is 0. The molecule has 1 amide bonds. The first-order valence-electron chi connectivity index (χ1n) is 8.21. The van der Waals surface area contributed by atoms with Crippen molar-refractivity contribution in [1.82, 2.24) is 20.1 Å². The molecule has 1 aliphatic heterocycles. The third-order valence-corrected chi connectivity index (χ3v) is 4.86. The normalized spacial score (nSPS) is 19.9. The minimum Gasteiger partial charge on any atom is -0.309 e. The first kappa shape index (κ1) is 16.9. The summed E-state index contributed by atoms with van der Waals surface area (Å²) in [4.78, 5) is 18.9. The summed E-state index contributed by atoms with van der Waals surface area (Å²) in [5.74, 6) is 0.867. The van der Waals surface area contributed by atoms with Crippen molar-refractivity contribution in [2.45, 2.75) is 38.6 Å². The van der Waals surface area contributed by atoms with Crippen molar-refractivity contribution >= 4 is 23.3 Å². The number of halogens is 1. The largest absolute Gasteiger partial charge is 0.309 e. The molecular weight excluding hydrogens is 326 g/mol. The molecule has 2 aromatic rings. The molecule has 24 heavy (non-hydrogen) atoms. The van der Waals surface area contributed by atoms with E-state index < -0.39 is 0 Å². The van der Waals surface area contributed by atoms with Gasteiger partial charge in [0.15, 0.2) is 0 Å². The van der Waals surface area contributed by atoms with Crippen LogP contribution < -0.4 is 5.32 Å². The van der Waals surface area contributed by atoms with E-state index in [1.54, 1.807) is 12.1 Å². The van der Waals surface area contributed by atoms with E-state index in [2.05, 4.69) is 32.3 Å². The van der Waals surface area contributed by atoms with E-state index in [1.807, 2.05) is 13.1 Å². The second kappa shape index (κ2) is 7.32. The van der Waals surface area contributed by atoms with Crippen molar-refractivity contribution in [2.75, 3.05) is 18.4 Å². The van der Waals surface area contributed by atoms with Gasteiger partial charge in [0.25, 0.3) is 0 Å². The average Bonchev–Trinajstić information content (AvgIpc) is 3.02. The molecule has 2 atom stereocenters. The number of aryl methyl sites for hydroxylation is 1. The third-order valence-electron chi connectivity index (χ3n) is 4.63. The second-order valence-electron chi connectivity index (χ2n) is 6.33. The fourth-order valence-electron chi connectivity index (χ4n) is 3.21. The van der Waals surface area contributed by atoms with Crippen LogP contribution in [0.25, 0.3) is 0 Å². The highest BCUT2D eigenvalue weighted by Gasteiger charge is 2.29. The number of likely N-dealkylation sites (tertiary alicyclic amines) is 1. The Morgan fingerprint density at radius 3 is 2.96 bits per heavy atom. The Balaban J connectivity index is 1.63. The number of hydrogen-bond acceptors (Lipinski definition) is 4. The number of nitrogens with one attached hydrogen (secondary N) is 2. The highest BCUT2D eigenvalue weighted by Crippen LogP contribution is 2.28. The molecule has 2 aromatic heterocycles. The van der Waals surface area contributed by atoms with Gasteiger partial charge < -0.3 is 5.32 Å². The topological polar surface area (TPSA) is 73.9 Å². The molecule has 1 aliphatic rings. The molecule has 0 aliphatic carbocycles. The molecular formula is C17H22ClN5O. The van der Waals surface area contributed by atoms with Crippen LogP contribution in [0.2, 0.25) is 5.02 Å². The van der Waals surface area contributed by atoms with E-state index in [4.69, 9.17) is 11.6 Å². The van der Waals surface area contributed by atoms with Crippen molar-refractivity contribution in [3.8, 4) is 0 Å². The highest BCUT2D eigenvalue weighted by atomic mass is 35.5. The number of aromatic nitrogens is 3. The molecule has 6 nitrogen and oxygen atoms in total. The lowest BCUT2D eigenvalue weighted by Crippen LogP contribution is -2.46. The Kier molecular flexibility index (Phi) is 5.16. The number of amides is 1. The molecule has 1 fully saturated rings. The Morgan fingerprint density at radius 1 is 1.46 bits per heavy atom. The molecule has 1 unspecified atom stereocenters. The van der Waals surface area contributed by atoms with Crippen molar-refractivity contribution in [2.24, 2.45) is 0 Å². The standard InChI is InChI=1S/C17H22ClN5O/c1-11-8-20-22-16(11)13-4-3-7-23(10-13)12(2)17(24)21-15-6-5-14(18)9-19-15/h5-6,8-9,12-13H,3-4,7,10H2,1-2H3,(H,20,22)(H,19,21,24)/t12-,13?/m0/s1. The Hall–Kier alpha value is -1.92. The van der Waals surface area contributed by atoms with Crippen LogP contribution in [-0.2, 0) is 4.79 Å². The van der Waals surface area contributed by atoms with E-state index in [1.165, 1.54) is 17.5 Å². The van der Waals surface area contributed by atoms with Crippen LogP contribution in [0.5, 0.6) is 0 Å². The number of nitrogens with zero attached hydrogens (tertiary/aromatic N) is 3. The van der Waals surface area contributed by atoms with Gasteiger partial charge in [0, 0.05) is 24.4 Å². The van der Waals surface area contributed by atoms with E-state index in [0.717, 1.165) is 25.9 Å². The van der Waals surface area contributed by atoms with Crippen LogP contribution in [0.15, 0.2) is 24.5 Å². The van der Waals surface area contributed by atoms with E-state index in [0.29, 0.717) is 16.8 Å². The molecule has 0 bridgehead atoms. The summed E-state index contributed by atoms with van der Waals surface area (Å²) >= 11 is 5.82. The number of pyridine rings is 1. The van der Waals surface area contributed by atoms with E-state index >= 15 is 0 Å². The van der Waals surface area contributed by atoms with Gasteiger partial charge in [-0.15, -0.1) is 0 Å². The number of hydrogen-bond donors (Lipinski definition) is 2. The second-order valence-corrected chi connectivity index (χ2v) is 6.76. The molecule has 0 radical (unpaired) electrons. The van der Waals surface area contributed by atoms with Gasteiger partial charge in [0.1, 0.15) is 5.82 Å². The summed E-state index contributed by atoms with van der Waals surface area (Å²) in [5.41, 5.74) is 2.37. The number of carbonyl (C=O) groups is 1. The maximum atomic E-state index is 12.5. The summed E-state index contributed by atoms with van der Waals surface area (Å²) in [6.07, 6.45) is 5.57. The number of anilines is 1. The number of piperidine rings is 1. The maximum Gasteiger partial charge on any atom is 0.242 e. The zero-order valence-electron chi connectivity index (χ0n) is 13.9. The van der Waals surface area contributed by atoms with Crippen LogP contribution in [0, 0.1) is 6.92 Å². The monoisotopic (exact) mass is 347 g/mol. The van der Waals surface area contributed by atoms with Gasteiger partial charge in [-0.3, -0.25) is 14.8 Å². The number of carbonyl (C=O) groups excluding carboxylic acids is 1. The van der Waals surface area contributed by atoms with Gasteiger partial charge in [-0.25, -0.2) is 4.98 Å². The average molecular weight is 348 g/mol. The van der Waals surface area contributed by atoms with Crippen LogP contribution in [0.3, 0.4) is 0 Å². The maximum absolute atomic E-state index is 12.5. The molecule has 2 N–H and O–H groups in total. The zero-order valence-corrected chi connectivity index (χ0v) is 14.7. The lowest BCUT2D eigenvalue weighted by Gasteiger charge is -2.35. The quantitative estimate of drug-likeness (QED) is 0.891. The van der Waals surface area contributed by atoms with Gasteiger partial charge >= 0.3 is 0 Å². The van der Waals surface area contributed by atoms with Crippen molar-refractivity contribution in [3.63, 3.8) is 0 Å². The van der Waals surface area contributed by atoms with Crippen LogP contribution in [-0.4, -0.2) is 45.1 Å². The SMILES string of the molecule is Cc1cn[nH]c1C1CCCN([C@@H](C)C(=O)Nc2ccc(Cl)cn2)C1. The van der Waals surface area contributed by atoms with Crippen molar-refractivity contribution < 1.29 is 4.79 Å². The smallest absolute Gasteiger partial charge is 0.242 e. The lowest BCUT2D eigenvalue weighted by molar-refractivity contribution is -0.121. The summed E-state index contributed by atoms with van der Waals surface area (Å²) in [6, 6.07) is 3.21. The number of rotatable bonds is 4. The molecule has 128 valence electrons. The van der Waals surface area contributed by atoms with Crippen LogP contribution in [0.1, 0.15) is 36.9 Å². The minimum atomic E-state index is -0.214. The first-order chi connectivity index (χ1) is 11.5. The van der Waals surface area contributed by atoms with Gasteiger partial charge in [-0.05, 0) is 50.9 Å². The Bertz CT molecular complexity index is 699. The summed E-state index contributed by atoms with van der Waals surface area (Å²) in [7, 11) is 0. The number of H-pyrrole nitrogens is 1.